The van der Waals surface area contributed by atoms with Gasteiger partial charge in [0.15, 0.2) is 0 Å². The molecule has 2 N–H and O–H groups in total. The van der Waals surface area contributed by atoms with Crippen molar-refractivity contribution in [1.82, 2.24) is 0 Å². The van der Waals surface area contributed by atoms with Gasteiger partial charge in [-0.2, -0.15) is 5.26 Å². The van der Waals surface area contributed by atoms with Crippen molar-refractivity contribution in [2.75, 3.05) is 17.7 Å². The summed E-state index contributed by atoms with van der Waals surface area (Å²) >= 11 is 3.40. The van der Waals surface area contributed by atoms with E-state index in [0.717, 1.165) is 28.0 Å². The second kappa shape index (κ2) is 5.77. The first kappa shape index (κ1) is 13.4. The highest BCUT2D eigenvalue weighted by Gasteiger charge is 2.05. The van der Waals surface area contributed by atoms with Crippen molar-refractivity contribution in [3.8, 4) is 6.07 Å². The number of nitrogens with two attached hydrogens (primary N) is 1. The van der Waals surface area contributed by atoms with Gasteiger partial charge in [0.1, 0.15) is 6.07 Å². The molecule has 0 unspecified atom stereocenters. The smallest absolute Gasteiger partial charge is 0.100 e. The zero-order valence-electron chi connectivity index (χ0n) is 10.6. The molecule has 0 atom stereocenters. The molecule has 0 bridgehead atoms. The standard InChI is InChI=1S/C15H14BrN3/c1-19(10-11-3-2-4-13(18)7-11)14-6-5-12(9-17)15(16)8-14/h2-8H,10,18H2,1H3. The molecular formula is C15H14BrN3. The van der Waals surface area contributed by atoms with Crippen molar-refractivity contribution in [1.29, 1.82) is 5.26 Å². The summed E-state index contributed by atoms with van der Waals surface area (Å²) in [6, 6.07) is 15.7. The van der Waals surface area contributed by atoms with Crippen molar-refractivity contribution in [2.45, 2.75) is 6.54 Å². The summed E-state index contributed by atoms with van der Waals surface area (Å²) in [4.78, 5) is 2.11. The van der Waals surface area contributed by atoms with Crippen molar-refractivity contribution in [2.24, 2.45) is 0 Å². The Morgan fingerprint density at radius 3 is 2.68 bits per heavy atom. The van der Waals surface area contributed by atoms with Crippen LogP contribution < -0.4 is 10.6 Å². The number of benzene rings is 2. The summed E-state index contributed by atoms with van der Waals surface area (Å²) in [6.07, 6.45) is 0. The van der Waals surface area contributed by atoms with Gasteiger partial charge in [0, 0.05) is 29.4 Å². The highest BCUT2D eigenvalue weighted by molar-refractivity contribution is 9.10. The Balaban J connectivity index is 2.18. The second-order valence-corrected chi connectivity index (χ2v) is 5.23. The fourth-order valence-corrected chi connectivity index (χ4v) is 2.34. The molecule has 19 heavy (non-hydrogen) atoms. The third-order valence-electron chi connectivity index (χ3n) is 2.88. The Kier molecular flexibility index (Phi) is 4.08. The van der Waals surface area contributed by atoms with Crippen LogP contribution in [0.4, 0.5) is 11.4 Å². The van der Waals surface area contributed by atoms with Gasteiger partial charge in [0.25, 0.3) is 0 Å². The van der Waals surface area contributed by atoms with Crippen LogP contribution >= 0.6 is 15.9 Å². The first-order valence-corrected chi connectivity index (χ1v) is 6.64. The molecule has 0 aliphatic rings. The highest BCUT2D eigenvalue weighted by atomic mass is 79.9. The van der Waals surface area contributed by atoms with Crippen LogP contribution in [0.15, 0.2) is 46.9 Å². The number of hydrogen-bond acceptors (Lipinski definition) is 3. The lowest BCUT2D eigenvalue weighted by Crippen LogP contribution is -2.16. The highest BCUT2D eigenvalue weighted by Crippen LogP contribution is 2.24. The molecule has 0 heterocycles. The normalized spacial score (nSPS) is 9.95. The van der Waals surface area contributed by atoms with E-state index in [4.69, 9.17) is 11.0 Å². The SMILES string of the molecule is CN(Cc1cccc(N)c1)c1ccc(C#N)c(Br)c1. The molecule has 2 aromatic carbocycles. The van der Waals surface area contributed by atoms with Crippen molar-refractivity contribution < 1.29 is 0 Å². The van der Waals surface area contributed by atoms with Gasteiger partial charge >= 0.3 is 0 Å². The summed E-state index contributed by atoms with van der Waals surface area (Å²) in [7, 11) is 2.01. The predicted molar refractivity (Wildman–Crippen MR) is 81.8 cm³/mol. The molecule has 2 aromatic rings. The number of rotatable bonds is 3. The number of nitriles is 1. The molecule has 2 rings (SSSR count). The first-order valence-electron chi connectivity index (χ1n) is 5.85. The number of nitrogen functional groups attached to an aromatic ring is 1. The number of nitrogens with zero attached hydrogens (tertiary/aromatic N) is 2. The van der Waals surface area contributed by atoms with Crippen LogP contribution in [0.2, 0.25) is 0 Å². The number of hydrogen-bond donors (Lipinski definition) is 1. The van der Waals surface area contributed by atoms with Crippen LogP contribution in [0.25, 0.3) is 0 Å². The van der Waals surface area contributed by atoms with Crippen molar-refractivity contribution >= 4 is 27.3 Å². The molecule has 0 aromatic heterocycles. The summed E-state index contributed by atoms with van der Waals surface area (Å²) in [5, 5.41) is 8.91. The lowest BCUT2D eigenvalue weighted by molar-refractivity contribution is 0.923. The summed E-state index contributed by atoms with van der Waals surface area (Å²) < 4.78 is 0.812. The monoisotopic (exact) mass is 315 g/mol. The largest absolute Gasteiger partial charge is 0.399 e. The van der Waals surface area contributed by atoms with E-state index in [1.165, 1.54) is 0 Å². The molecule has 0 saturated heterocycles. The van der Waals surface area contributed by atoms with Crippen molar-refractivity contribution in [3.63, 3.8) is 0 Å². The molecule has 0 spiro atoms. The van der Waals surface area contributed by atoms with Gasteiger partial charge in [-0.1, -0.05) is 12.1 Å². The van der Waals surface area contributed by atoms with Gasteiger partial charge in [-0.25, -0.2) is 0 Å². The average molecular weight is 316 g/mol. The van der Waals surface area contributed by atoms with E-state index in [0.29, 0.717) is 5.56 Å². The molecule has 3 nitrogen and oxygen atoms in total. The molecule has 96 valence electrons. The van der Waals surface area contributed by atoms with Crippen LogP contribution in [0.1, 0.15) is 11.1 Å². The predicted octanol–water partition coefficient (Wildman–Crippen LogP) is 3.54. The van der Waals surface area contributed by atoms with Gasteiger partial charge in [-0.05, 0) is 51.8 Å². The Hall–Kier alpha value is -1.99. The Morgan fingerprint density at radius 1 is 1.26 bits per heavy atom. The fraction of sp³-hybridized carbons (Fsp3) is 0.133. The minimum atomic E-state index is 0.640. The number of halogens is 1. The van der Waals surface area contributed by atoms with E-state index in [9.17, 15) is 0 Å². The maximum absolute atomic E-state index is 8.91. The lowest BCUT2D eigenvalue weighted by Gasteiger charge is -2.20. The second-order valence-electron chi connectivity index (χ2n) is 4.38. The zero-order chi connectivity index (χ0) is 13.8. The van der Waals surface area contributed by atoms with Gasteiger partial charge in [-0.3, -0.25) is 0 Å². The quantitative estimate of drug-likeness (QED) is 0.881. The first-order chi connectivity index (χ1) is 9.10. The minimum Gasteiger partial charge on any atom is -0.399 e. The fourth-order valence-electron chi connectivity index (χ4n) is 1.89. The summed E-state index contributed by atoms with van der Waals surface area (Å²) in [6.45, 7) is 0.767. The molecule has 0 amide bonds. The van der Waals surface area contributed by atoms with Crippen LogP contribution in [0.3, 0.4) is 0 Å². The van der Waals surface area contributed by atoms with Crippen LogP contribution in [0, 0.1) is 11.3 Å². The molecule has 0 radical (unpaired) electrons. The zero-order valence-corrected chi connectivity index (χ0v) is 12.2. The van der Waals surface area contributed by atoms with Gasteiger partial charge < -0.3 is 10.6 Å². The minimum absolute atomic E-state index is 0.640. The van der Waals surface area contributed by atoms with Crippen LogP contribution in [-0.4, -0.2) is 7.05 Å². The van der Waals surface area contributed by atoms with E-state index in [-0.39, 0.29) is 0 Å². The topological polar surface area (TPSA) is 53.0 Å². The molecule has 0 aliphatic heterocycles. The Bertz CT molecular complexity index is 632. The maximum Gasteiger partial charge on any atom is 0.100 e. The van der Waals surface area contributed by atoms with Gasteiger partial charge in [0.05, 0.1) is 5.56 Å². The summed E-state index contributed by atoms with van der Waals surface area (Å²) in [5.41, 5.74) is 9.39. The molecule has 0 saturated carbocycles. The van der Waals surface area contributed by atoms with E-state index in [1.807, 2.05) is 49.5 Å². The average Bonchev–Trinajstić information content (AvgIpc) is 2.38. The van der Waals surface area contributed by atoms with E-state index >= 15 is 0 Å². The van der Waals surface area contributed by atoms with Crippen LogP contribution in [-0.2, 0) is 6.54 Å². The third-order valence-corrected chi connectivity index (χ3v) is 3.54. The van der Waals surface area contributed by atoms with E-state index in [1.54, 1.807) is 0 Å². The Morgan fingerprint density at radius 2 is 2.05 bits per heavy atom. The third kappa shape index (κ3) is 3.27. The molecular weight excluding hydrogens is 302 g/mol. The van der Waals surface area contributed by atoms with E-state index < -0.39 is 0 Å². The van der Waals surface area contributed by atoms with Crippen molar-refractivity contribution in [3.05, 3.63) is 58.1 Å². The van der Waals surface area contributed by atoms with Gasteiger partial charge in [0.2, 0.25) is 0 Å². The molecule has 0 aliphatic carbocycles. The molecule has 4 heteroatoms. The van der Waals surface area contributed by atoms with Gasteiger partial charge in [-0.15, -0.1) is 0 Å². The summed E-state index contributed by atoms with van der Waals surface area (Å²) in [5.74, 6) is 0. The molecule has 0 fully saturated rings. The Labute approximate surface area is 121 Å². The maximum atomic E-state index is 8.91. The lowest BCUT2D eigenvalue weighted by atomic mass is 10.1. The number of anilines is 2. The van der Waals surface area contributed by atoms with Crippen LogP contribution in [0.5, 0.6) is 0 Å². The van der Waals surface area contributed by atoms with E-state index in [2.05, 4.69) is 26.9 Å².